The predicted octanol–water partition coefficient (Wildman–Crippen LogP) is 3.82. The Morgan fingerprint density at radius 3 is 2.59 bits per heavy atom. The molecule has 1 heterocycles. The Balaban J connectivity index is 1.94. The second-order valence-corrected chi connectivity index (χ2v) is 8.92. The van der Waals surface area contributed by atoms with Crippen LogP contribution in [0.15, 0.2) is 47.4 Å². The molecule has 0 radical (unpaired) electrons. The molecule has 29 heavy (non-hydrogen) atoms. The molecule has 1 aliphatic rings. The second-order valence-electron chi connectivity index (χ2n) is 7.24. The van der Waals surface area contributed by atoms with Crippen molar-refractivity contribution in [3.8, 4) is 5.75 Å². The summed E-state index contributed by atoms with van der Waals surface area (Å²) in [4.78, 5) is 13.6. The van der Waals surface area contributed by atoms with Gasteiger partial charge in [-0.25, -0.2) is 13.2 Å². The fourth-order valence-electron chi connectivity index (χ4n) is 3.52. The van der Waals surface area contributed by atoms with Crippen molar-refractivity contribution >= 4 is 27.4 Å². The third-order valence-electron chi connectivity index (χ3n) is 4.93. The Morgan fingerprint density at radius 2 is 1.97 bits per heavy atom. The molecule has 0 saturated carbocycles. The lowest BCUT2D eigenvalue weighted by Gasteiger charge is -2.34. The van der Waals surface area contributed by atoms with Gasteiger partial charge in [-0.05, 0) is 68.1 Å². The van der Waals surface area contributed by atoms with Gasteiger partial charge in [0.2, 0.25) is 0 Å². The van der Waals surface area contributed by atoms with Gasteiger partial charge in [-0.1, -0.05) is 6.92 Å². The van der Waals surface area contributed by atoms with Crippen LogP contribution in [-0.4, -0.2) is 39.2 Å². The minimum absolute atomic E-state index is 0.0307. The lowest BCUT2D eigenvalue weighted by molar-refractivity contribution is 0.0697. The number of rotatable bonds is 7. The van der Waals surface area contributed by atoms with Crippen molar-refractivity contribution in [3.05, 3.63) is 48.0 Å². The first-order chi connectivity index (χ1) is 13.8. The fraction of sp³-hybridized carbons (Fsp3) is 0.381. The number of carboxylic acid groups (broad SMARTS) is 1. The number of sulfonamides is 1. The Bertz CT molecular complexity index is 973. The lowest BCUT2D eigenvalue weighted by Crippen LogP contribution is -2.35. The fourth-order valence-corrected chi connectivity index (χ4v) is 4.59. The van der Waals surface area contributed by atoms with E-state index in [-0.39, 0.29) is 16.1 Å². The largest absolute Gasteiger partial charge is 0.494 e. The summed E-state index contributed by atoms with van der Waals surface area (Å²) in [5, 5.41) is 9.34. The van der Waals surface area contributed by atoms with Crippen LogP contribution >= 0.6 is 0 Å². The van der Waals surface area contributed by atoms with Crippen LogP contribution in [0.5, 0.6) is 5.75 Å². The first-order valence-electron chi connectivity index (χ1n) is 9.68. The zero-order chi connectivity index (χ0) is 21.0. The summed E-state index contributed by atoms with van der Waals surface area (Å²) in [5.41, 5.74) is 0.993. The highest BCUT2D eigenvalue weighted by Gasteiger charge is 2.23. The van der Waals surface area contributed by atoms with Crippen LogP contribution in [-0.2, 0) is 10.0 Å². The molecule has 1 aliphatic heterocycles. The minimum Gasteiger partial charge on any atom is -0.494 e. The van der Waals surface area contributed by atoms with Gasteiger partial charge in [0.15, 0.2) is 0 Å². The number of hydrogen-bond donors (Lipinski definition) is 2. The van der Waals surface area contributed by atoms with Crippen LogP contribution < -0.4 is 14.4 Å². The zero-order valence-corrected chi connectivity index (χ0v) is 17.4. The third kappa shape index (κ3) is 5.00. The maximum absolute atomic E-state index is 12.9. The van der Waals surface area contributed by atoms with Gasteiger partial charge in [0, 0.05) is 13.1 Å². The van der Waals surface area contributed by atoms with Crippen LogP contribution in [0.1, 0.15) is 37.0 Å². The van der Waals surface area contributed by atoms with E-state index in [0.29, 0.717) is 24.0 Å². The van der Waals surface area contributed by atoms with Crippen molar-refractivity contribution in [2.24, 2.45) is 5.92 Å². The van der Waals surface area contributed by atoms with Crippen LogP contribution in [0.4, 0.5) is 11.4 Å². The number of hydrogen-bond acceptors (Lipinski definition) is 5. The molecule has 7 nitrogen and oxygen atoms in total. The highest BCUT2D eigenvalue weighted by atomic mass is 32.2. The zero-order valence-electron chi connectivity index (χ0n) is 16.6. The molecule has 3 rings (SSSR count). The normalized spacial score (nSPS) is 17.0. The molecule has 1 saturated heterocycles. The molecule has 0 spiro atoms. The molecule has 1 unspecified atom stereocenters. The highest BCUT2D eigenvalue weighted by molar-refractivity contribution is 7.92. The number of ether oxygens (including phenoxy) is 1. The number of benzene rings is 2. The van der Waals surface area contributed by atoms with E-state index in [9.17, 15) is 18.3 Å². The highest BCUT2D eigenvalue weighted by Crippen LogP contribution is 2.32. The molecule has 0 aliphatic carbocycles. The summed E-state index contributed by atoms with van der Waals surface area (Å²) < 4.78 is 33.8. The topological polar surface area (TPSA) is 95.9 Å². The maximum Gasteiger partial charge on any atom is 0.335 e. The molecule has 1 fully saturated rings. The number of aromatic carboxylic acids is 1. The number of piperidine rings is 1. The van der Waals surface area contributed by atoms with E-state index in [0.717, 1.165) is 25.9 Å². The summed E-state index contributed by atoms with van der Waals surface area (Å²) >= 11 is 0. The molecule has 1 atom stereocenters. The van der Waals surface area contributed by atoms with Gasteiger partial charge >= 0.3 is 5.97 Å². The van der Waals surface area contributed by atoms with Crippen LogP contribution in [0.25, 0.3) is 0 Å². The average Bonchev–Trinajstić information content (AvgIpc) is 2.68. The number of carbonyl (C=O) groups is 1. The van der Waals surface area contributed by atoms with Crippen LogP contribution in [0, 0.1) is 5.92 Å². The molecule has 0 aromatic heterocycles. The average molecular weight is 419 g/mol. The summed E-state index contributed by atoms with van der Waals surface area (Å²) in [7, 11) is -3.89. The maximum atomic E-state index is 12.9. The molecule has 156 valence electrons. The Labute approximate surface area is 171 Å². The molecular formula is C21H26N2O5S. The quantitative estimate of drug-likeness (QED) is 0.710. The summed E-state index contributed by atoms with van der Waals surface area (Å²) in [6, 6.07) is 10.7. The molecule has 2 N–H and O–H groups in total. The van der Waals surface area contributed by atoms with Crippen molar-refractivity contribution in [1.82, 2.24) is 0 Å². The van der Waals surface area contributed by atoms with Crippen molar-refractivity contribution < 1.29 is 23.1 Å². The summed E-state index contributed by atoms with van der Waals surface area (Å²) in [6.45, 7) is 6.09. The molecule has 2 aromatic rings. The van der Waals surface area contributed by atoms with E-state index in [1.165, 1.54) is 24.3 Å². The first kappa shape index (κ1) is 21.0. The van der Waals surface area contributed by atoms with Gasteiger partial charge in [0.05, 0.1) is 28.4 Å². The summed E-state index contributed by atoms with van der Waals surface area (Å²) in [6.07, 6.45) is 2.13. The first-order valence-corrected chi connectivity index (χ1v) is 11.2. The van der Waals surface area contributed by atoms with Crippen molar-refractivity contribution in [2.75, 3.05) is 29.3 Å². The van der Waals surface area contributed by atoms with E-state index in [1.54, 1.807) is 18.2 Å². The number of nitrogens with zero attached hydrogens (tertiary/aromatic N) is 1. The predicted molar refractivity (Wildman–Crippen MR) is 112 cm³/mol. The molecule has 8 heteroatoms. The van der Waals surface area contributed by atoms with Gasteiger partial charge in [-0.3, -0.25) is 4.72 Å². The monoisotopic (exact) mass is 418 g/mol. The minimum atomic E-state index is -3.89. The smallest absolute Gasteiger partial charge is 0.335 e. The Hall–Kier alpha value is -2.74. The van der Waals surface area contributed by atoms with Crippen molar-refractivity contribution in [2.45, 2.75) is 31.6 Å². The molecular weight excluding hydrogens is 392 g/mol. The number of nitrogens with one attached hydrogen (secondary N) is 1. The van der Waals surface area contributed by atoms with Crippen LogP contribution in [0.3, 0.4) is 0 Å². The summed E-state index contributed by atoms with van der Waals surface area (Å²) in [5.74, 6) is -0.0362. The molecule has 0 bridgehead atoms. The van der Waals surface area contributed by atoms with Crippen LogP contribution in [0.2, 0.25) is 0 Å². The van der Waals surface area contributed by atoms with Gasteiger partial charge in [0.1, 0.15) is 5.75 Å². The number of carboxylic acids is 1. The van der Waals surface area contributed by atoms with E-state index in [1.807, 2.05) is 6.92 Å². The molecule has 0 amide bonds. The van der Waals surface area contributed by atoms with Gasteiger partial charge in [-0.2, -0.15) is 0 Å². The van der Waals surface area contributed by atoms with Crippen molar-refractivity contribution in [1.29, 1.82) is 0 Å². The van der Waals surface area contributed by atoms with E-state index < -0.39 is 16.0 Å². The van der Waals surface area contributed by atoms with E-state index in [4.69, 9.17) is 4.74 Å². The molecule has 2 aromatic carbocycles. The van der Waals surface area contributed by atoms with E-state index >= 15 is 0 Å². The van der Waals surface area contributed by atoms with Crippen molar-refractivity contribution in [3.63, 3.8) is 0 Å². The third-order valence-corrected chi connectivity index (χ3v) is 6.31. The second kappa shape index (κ2) is 8.73. The van der Waals surface area contributed by atoms with Gasteiger partial charge in [-0.15, -0.1) is 0 Å². The van der Waals surface area contributed by atoms with Gasteiger partial charge < -0.3 is 14.7 Å². The lowest BCUT2D eigenvalue weighted by atomic mass is 9.99. The SMILES string of the molecule is CCOc1ccc(S(=O)(=O)Nc2cc(C(=O)O)ccc2N2CCCC(C)C2)cc1. The number of anilines is 2. The Morgan fingerprint density at radius 1 is 1.24 bits per heavy atom. The Kier molecular flexibility index (Phi) is 6.32. The van der Waals surface area contributed by atoms with Gasteiger partial charge in [0.25, 0.3) is 10.0 Å². The van der Waals surface area contributed by atoms with E-state index in [2.05, 4.69) is 16.5 Å². The standard InChI is InChI=1S/C21H26N2O5S/c1-3-28-17-7-9-18(10-8-17)29(26,27)22-19-13-16(21(24)25)6-11-20(19)23-12-4-5-15(2)14-23/h6-11,13,15,22H,3-5,12,14H2,1-2H3,(H,24,25).